The zero-order valence-corrected chi connectivity index (χ0v) is 10.6. The monoisotopic (exact) mass is 270 g/mol. The maximum Gasteiger partial charge on any atom is 0.272 e. The van der Waals surface area contributed by atoms with Crippen LogP contribution in [0.3, 0.4) is 0 Å². The molecule has 104 valence electrons. The first-order valence-corrected chi connectivity index (χ1v) is 6.04. The molecule has 0 aromatic carbocycles. The maximum atomic E-state index is 12.1. The summed E-state index contributed by atoms with van der Waals surface area (Å²) in [4.78, 5) is 8.13. The molecule has 0 amide bonds. The summed E-state index contributed by atoms with van der Waals surface area (Å²) < 4.78 is 29.3. The molecule has 2 rings (SSSR count). The summed E-state index contributed by atoms with van der Waals surface area (Å²) in [7, 11) is 0. The SMILES string of the molecule is CC1CN=C(NCc2ccncc2OCC(F)F)N1. The number of alkyl halides is 2. The Morgan fingerprint density at radius 3 is 3.11 bits per heavy atom. The number of hydrogen-bond acceptors (Lipinski definition) is 5. The van der Waals surface area contributed by atoms with Crippen LogP contribution in [0.4, 0.5) is 8.78 Å². The quantitative estimate of drug-likeness (QED) is 0.843. The Balaban J connectivity index is 1.92. The van der Waals surface area contributed by atoms with Gasteiger partial charge in [-0.15, -0.1) is 0 Å². The minimum Gasteiger partial charge on any atom is -0.486 e. The maximum absolute atomic E-state index is 12.1. The van der Waals surface area contributed by atoms with Gasteiger partial charge in [0.2, 0.25) is 0 Å². The third kappa shape index (κ3) is 4.04. The van der Waals surface area contributed by atoms with Crippen molar-refractivity contribution in [3.05, 3.63) is 24.0 Å². The number of pyridine rings is 1. The van der Waals surface area contributed by atoms with Gasteiger partial charge in [-0.25, -0.2) is 8.78 Å². The molecule has 1 atom stereocenters. The van der Waals surface area contributed by atoms with Crippen molar-refractivity contribution in [2.24, 2.45) is 4.99 Å². The third-order valence-corrected chi connectivity index (χ3v) is 2.59. The van der Waals surface area contributed by atoms with Crippen molar-refractivity contribution in [2.75, 3.05) is 13.2 Å². The summed E-state index contributed by atoms with van der Waals surface area (Å²) in [6.07, 6.45) is 0.535. The average molecular weight is 270 g/mol. The second-order valence-corrected chi connectivity index (χ2v) is 4.27. The van der Waals surface area contributed by atoms with E-state index in [0.29, 0.717) is 24.3 Å². The van der Waals surface area contributed by atoms with Gasteiger partial charge in [0.25, 0.3) is 6.43 Å². The van der Waals surface area contributed by atoms with Gasteiger partial charge in [0, 0.05) is 24.3 Å². The zero-order chi connectivity index (χ0) is 13.7. The molecule has 0 saturated carbocycles. The van der Waals surface area contributed by atoms with Crippen molar-refractivity contribution < 1.29 is 13.5 Å². The first kappa shape index (κ1) is 13.5. The lowest BCUT2D eigenvalue weighted by Gasteiger charge is -2.12. The Labute approximate surface area is 110 Å². The van der Waals surface area contributed by atoms with Crippen LogP contribution in [-0.2, 0) is 6.54 Å². The predicted molar refractivity (Wildman–Crippen MR) is 67.5 cm³/mol. The molecule has 1 unspecified atom stereocenters. The molecule has 0 bridgehead atoms. The van der Waals surface area contributed by atoms with E-state index in [0.717, 1.165) is 12.1 Å². The van der Waals surface area contributed by atoms with Gasteiger partial charge in [0.05, 0.1) is 12.7 Å². The standard InChI is InChI=1S/C12H16F2N4O/c1-8-4-16-12(18-8)17-5-9-2-3-15-6-10(9)19-7-11(13)14/h2-3,6,8,11H,4-5,7H2,1H3,(H2,16,17,18). The highest BCUT2D eigenvalue weighted by Gasteiger charge is 2.13. The lowest BCUT2D eigenvalue weighted by Crippen LogP contribution is -2.37. The minimum absolute atomic E-state index is 0.314. The Kier molecular flexibility index (Phi) is 4.48. The van der Waals surface area contributed by atoms with Gasteiger partial charge in [-0.1, -0.05) is 0 Å². The Hall–Kier alpha value is -1.92. The van der Waals surface area contributed by atoms with E-state index in [4.69, 9.17) is 4.74 Å². The van der Waals surface area contributed by atoms with E-state index in [1.54, 1.807) is 12.3 Å². The lowest BCUT2D eigenvalue weighted by atomic mass is 10.2. The number of hydrogen-bond donors (Lipinski definition) is 2. The minimum atomic E-state index is -2.50. The highest BCUT2D eigenvalue weighted by atomic mass is 19.3. The number of halogens is 2. The van der Waals surface area contributed by atoms with Crippen LogP contribution in [0.5, 0.6) is 5.75 Å². The van der Waals surface area contributed by atoms with Crippen LogP contribution in [0.25, 0.3) is 0 Å². The molecule has 0 spiro atoms. The van der Waals surface area contributed by atoms with E-state index in [9.17, 15) is 8.78 Å². The Morgan fingerprint density at radius 2 is 2.42 bits per heavy atom. The van der Waals surface area contributed by atoms with Gasteiger partial charge < -0.3 is 15.4 Å². The molecule has 5 nitrogen and oxygen atoms in total. The van der Waals surface area contributed by atoms with Crippen molar-refractivity contribution in [3.8, 4) is 5.75 Å². The van der Waals surface area contributed by atoms with E-state index in [1.165, 1.54) is 6.20 Å². The number of nitrogens with zero attached hydrogens (tertiary/aromatic N) is 2. The highest BCUT2D eigenvalue weighted by Crippen LogP contribution is 2.16. The average Bonchev–Trinajstić information content (AvgIpc) is 2.80. The fraction of sp³-hybridized carbons (Fsp3) is 0.500. The van der Waals surface area contributed by atoms with Crippen LogP contribution >= 0.6 is 0 Å². The van der Waals surface area contributed by atoms with Gasteiger partial charge in [-0.3, -0.25) is 9.98 Å². The van der Waals surface area contributed by atoms with E-state index in [2.05, 4.69) is 20.6 Å². The molecule has 0 radical (unpaired) electrons. The predicted octanol–water partition coefficient (Wildman–Crippen LogP) is 1.16. The second-order valence-electron chi connectivity index (χ2n) is 4.27. The normalized spacial score (nSPS) is 18.1. The fourth-order valence-corrected chi connectivity index (χ4v) is 1.68. The summed E-state index contributed by atoms with van der Waals surface area (Å²) in [5.74, 6) is 1.08. The summed E-state index contributed by atoms with van der Waals surface area (Å²) in [5, 5.41) is 6.26. The van der Waals surface area contributed by atoms with Crippen LogP contribution in [0.2, 0.25) is 0 Å². The largest absolute Gasteiger partial charge is 0.486 e. The topological polar surface area (TPSA) is 58.5 Å². The second kappa shape index (κ2) is 6.31. The van der Waals surface area contributed by atoms with Crippen molar-refractivity contribution >= 4 is 5.96 Å². The zero-order valence-electron chi connectivity index (χ0n) is 10.6. The lowest BCUT2D eigenvalue weighted by molar-refractivity contribution is 0.0812. The summed E-state index contributed by atoms with van der Waals surface area (Å²) in [6, 6.07) is 2.04. The first-order chi connectivity index (χ1) is 9.15. The molecule has 1 aliphatic rings. The van der Waals surface area contributed by atoms with Crippen LogP contribution in [0.15, 0.2) is 23.5 Å². The number of ether oxygens (including phenoxy) is 1. The van der Waals surface area contributed by atoms with Crippen molar-refractivity contribution in [3.63, 3.8) is 0 Å². The highest BCUT2D eigenvalue weighted by molar-refractivity contribution is 5.81. The van der Waals surface area contributed by atoms with E-state index in [-0.39, 0.29) is 0 Å². The molecule has 2 heterocycles. The van der Waals surface area contributed by atoms with Crippen LogP contribution in [-0.4, -0.2) is 36.6 Å². The molecule has 1 aromatic heterocycles. The van der Waals surface area contributed by atoms with Gasteiger partial charge in [0.15, 0.2) is 5.96 Å². The molecule has 0 fully saturated rings. The van der Waals surface area contributed by atoms with Gasteiger partial charge in [-0.05, 0) is 13.0 Å². The van der Waals surface area contributed by atoms with Crippen LogP contribution < -0.4 is 15.4 Å². The number of rotatable bonds is 5. The molecule has 19 heavy (non-hydrogen) atoms. The molecule has 7 heteroatoms. The van der Waals surface area contributed by atoms with Crippen molar-refractivity contribution in [1.82, 2.24) is 15.6 Å². The molecule has 0 aliphatic carbocycles. The molecular weight excluding hydrogens is 254 g/mol. The number of guanidine groups is 1. The van der Waals surface area contributed by atoms with E-state index < -0.39 is 13.0 Å². The number of aliphatic imine (C=N–C) groups is 1. The Bertz CT molecular complexity index is 453. The molecular formula is C12H16F2N4O. The van der Waals surface area contributed by atoms with Gasteiger partial charge in [-0.2, -0.15) is 0 Å². The molecule has 0 saturated heterocycles. The van der Waals surface area contributed by atoms with Crippen molar-refractivity contribution in [1.29, 1.82) is 0 Å². The molecule has 1 aromatic rings. The fourth-order valence-electron chi connectivity index (χ4n) is 1.68. The molecule has 1 aliphatic heterocycles. The van der Waals surface area contributed by atoms with Crippen molar-refractivity contribution in [2.45, 2.75) is 25.9 Å². The Morgan fingerprint density at radius 1 is 1.58 bits per heavy atom. The third-order valence-electron chi connectivity index (χ3n) is 2.59. The summed E-state index contributed by atoms with van der Waals surface area (Å²) in [5.41, 5.74) is 0.764. The number of nitrogens with one attached hydrogen (secondary N) is 2. The number of aromatic nitrogens is 1. The molecule has 2 N–H and O–H groups in total. The van der Waals surface area contributed by atoms with Gasteiger partial charge in [0.1, 0.15) is 12.4 Å². The van der Waals surface area contributed by atoms with Crippen LogP contribution in [0, 0.1) is 0 Å². The first-order valence-electron chi connectivity index (χ1n) is 6.04. The van der Waals surface area contributed by atoms with Gasteiger partial charge >= 0.3 is 0 Å². The van der Waals surface area contributed by atoms with E-state index >= 15 is 0 Å². The van der Waals surface area contributed by atoms with E-state index in [1.807, 2.05) is 6.92 Å². The van der Waals surface area contributed by atoms with Crippen LogP contribution in [0.1, 0.15) is 12.5 Å². The smallest absolute Gasteiger partial charge is 0.272 e. The summed E-state index contributed by atoms with van der Waals surface area (Å²) >= 11 is 0. The summed E-state index contributed by atoms with van der Waals surface area (Å²) in [6.45, 7) is 2.57.